The van der Waals surface area contributed by atoms with Gasteiger partial charge >= 0.3 is 5.97 Å². The third-order valence-electron chi connectivity index (χ3n) is 7.72. The first-order chi connectivity index (χ1) is 19.8. The molecule has 1 aliphatic heterocycles. The number of hydrogen-bond donors (Lipinski definition) is 1. The number of likely N-dealkylation sites (tertiary alicyclic amines) is 1. The van der Waals surface area contributed by atoms with Gasteiger partial charge in [0.15, 0.2) is 5.76 Å². The molecule has 1 spiro atoms. The van der Waals surface area contributed by atoms with Gasteiger partial charge in [-0.05, 0) is 47.0 Å². The molecule has 8 heteroatoms. The molecule has 210 valence electrons. The summed E-state index contributed by atoms with van der Waals surface area (Å²) in [5.74, 6) is -2.38. The highest BCUT2D eigenvalue weighted by Gasteiger charge is 2.55. The van der Waals surface area contributed by atoms with E-state index < -0.39 is 23.3 Å². The van der Waals surface area contributed by atoms with Gasteiger partial charge in [-0.2, -0.15) is 0 Å². The van der Waals surface area contributed by atoms with Crippen molar-refractivity contribution in [3.63, 3.8) is 0 Å². The Labute approximate surface area is 238 Å². The summed E-state index contributed by atoms with van der Waals surface area (Å²) in [5.41, 5.74) is 0.517. The van der Waals surface area contributed by atoms with Crippen LogP contribution in [0.5, 0.6) is 0 Å². The van der Waals surface area contributed by atoms with Crippen LogP contribution >= 0.6 is 0 Å². The quantitative estimate of drug-likeness (QED) is 0.398. The molecule has 1 heterocycles. The van der Waals surface area contributed by atoms with Gasteiger partial charge in [0.2, 0.25) is 17.6 Å². The standard InChI is InChI=1S/C33H32N2O6/c1-3-41-29(37)18-26-32(39)35(21-33(26)16-15-27(36)28(19-33)40-2)30(31(38)34-20-22-9-5-4-6-10-22)25-14-13-23-11-7-8-12-24(23)17-25/h4-17,19,26,30H,3,18,20-21H2,1-2H3,(H,34,38)/t26-,30?,33+/m1/s1. The molecule has 41 heavy (non-hydrogen) atoms. The lowest BCUT2D eigenvalue weighted by atomic mass is 9.73. The maximum atomic E-state index is 14.2. The van der Waals surface area contributed by atoms with Crippen LogP contribution in [0.25, 0.3) is 10.8 Å². The first kappa shape index (κ1) is 27.8. The molecule has 0 radical (unpaired) electrons. The van der Waals surface area contributed by atoms with Gasteiger partial charge in [0.25, 0.3) is 0 Å². The van der Waals surface area contributed by atoms with E-state index in [1.165, 1.54) is 18.1 Å². The Kier molecular flexibility index (Phi) is 8.01. The number of nitrogens with zero attached hydrogens (tertiary/aromatic N) is 1. The van der Waals surface area contributed by atoms with Crippen molar-refractivity contribution in [1.29, 1.82) is 0 Å². The number of ketones is 1. The summed E-state index contributed by atoms with van der Waals surface area (Å²) in [5, 5.41) is 4.94. The number of esters is 1. The van der Waals surface area contributed by atoms with Crippen LogP contribution in [0, 0.1) is 11.3 Å². The van der Waals surface area contributed by atoms with Gasteiger partial charge in [-0.1, -0.05) is 72.8 Å². The van der Waals surface area contributed by atoms with E-state index in [1.54, 1.807) is 19.1 Å². The van der Waals surface area contributed by atoms with E-state index in [1.807, 2.05) is 72.8 Å². The van der Waals surface area contributed by atoms with Crippen LogP contribution < -0.4 is 5.32 Å². The highest BCUT2D eigenvalue weighted by molar-refractivity contribution is 6.04. The second-order valence-electron chi connectivity index (χ2n) is 10.3. The summed E-state index contributed by atoms with van der Waals surface area (Å²) in [6, 6.07) is 22.0. The van der Waals surface area contributed by atoms with Gasteiger partial charge < -0.3 is 19.7 Å². The van der Waals surface area contributed by atoms with Gasteiger partial charge in [0.1, 0.15) is 6.04 Å². The Bertz CT molecular complexity index is 1550. The average molecular weight is 553 g/mol. The second-order valence-corrected chi connectivity index (χ2v) is 10.3. The summed E-state index contributed by atoms with van der Waals surface area (Å²) < 4.78 is 10.5. The number of ether oxygens (including phenoxy) is 2. The maximum Gasteiger partial charge on any atom is 0.306 e. The monoisotopic (exact) mass is 552 g/mol. The van der Waals surface area contributed by atoms with Gasteiger partial charge in [-0.15, -0.1) is 0 Å². The fourth-order valence-corrected chi connectivity index (χ4v) is 5.68. The van der Waals surface area contributed by atoms with Gasteiger partial charge in [-0.3, -0.25) is 19.2 Å². The zero-order chi connectivity index (χ0) is 29.0. The van der Waals surface area contributed by atoms with Crippen LogP contribution in [0.3, 0.4) is 0 Å². The van der Waals surface area contributed by atoms with Crippen molar-refractivity contribution in [2.75, 3.05) is 20.3 Å². The summed E-state index contributed by atoms with van der Waals surface area (Å²) >= 11 is 0. The minimum Gasteiger partial charge on any atom is -0.493 e. The summed E-state index contributed by atoms with van der Waals surface area (Å²) in [4.78, 5) is 54.8. The first-order valence-corrected chi connectivity index (χ1v) is 13.6. The molecule has 1 N–H and O–H groups in total. The summed E-state index contributed by atoms with van der Waals surface area (Å²) in [6.07, 6.45) is 4.43. The Hall–Kier alpha value is -4.72. The van der Waals surface area contributed by atoms with E-state index in [9.17, 15) is 19.2 Å². The molecule has 0 bridgehead atoms. The number of rotatable bonds is 9. The minimum atomic E-state index is -1.04. The van der Waals surface area contributed by atoms with E-state index in [4.69, 9.17) is 9.47 Å². The fourth-order valence-electron chi connectivity index (χ4n) is 5.68. The van der Waals surface area contributed by atoms with E-state index >= 15 is 0 Å². The molecule has 3 aromatic rings. The number of benzene rings is 3. The van der Waals surface area contributed by atoms with Crippen molar-refractivity contribution >= 4 is 34.3 Å². The molecule has 2 aliphatic rings. The molecule has 5 rings (SSSR count). The van der Waals surface area contributed by atoms with Crippen molar-refractivity contribution in [1.82, 2.24) is 10.2 Å². The highest BCUT2D eigenvalue weighted by Crippen LogP contribution is 2.47. The van der Waals surface area contributed by atoms with Gasteiger partial charge in [0.05, 0.1) is 26.1 Å². The predicted octanol–water partition coefficient (Wildman–Crippen LogP) is 4.26. The molecule has 0 saturated carbocycles. The van der Waals surface area contributed by atoms with Crippen molar-refractivity contribution in [2.45, 2.75) is 25.9 Å². The first-order valence-electron chi connectivity index (χ1n) is 13.6. The molecule has 1 unspecified atom stereocenters. The van der Waals surface area contributed by atoms with Crippen LogP contribution in [0.2, 0.25) is 0 Å². The largest absolute Gasteiger partial charge is 0.493 e. The lowest BCUT2D eigenvalue weighted by molar-refractivity contribution is -0.148. The molecular formula is C33H32N2O6. The number of amides is 2. The zero-order valence-electron chi connectivity index (χ0n) is 23.0. The molecule has 3 atom stereocenters. The van der Waals surface area contributed by atoms with Crippen LogP contribution in [0.4, 0.5) is 0 Å². The number of hydrogen-bond acceptors (Lipinski definition) is 6. The minimum absolute atomic E-state index is 0.0722. The third kappa shape index (κ3) is 5.63. The number of carbonyl (C=O) groups is 4. The molecule has 1 aliphatic carbocycles. The Morgan fingerprint density at radius 1 is 1.02 bits per heavy atom. The number of nitrogens with one attached hydrogen (secondary N) is 1. The smallest absolute Gasteiger partial charge is 0.306 e. The molecular weight excluding hydrogens is 520 g/mol. The van der Waals surface area contributed by atoms with Crippen LogP contribution in [-0.2, 0) is 35.2 Å². The fraction of sp³-hybridized carbons (Fsp3) is 0.273. The van der Waals surface area contributed by atoms with Crippen LogP contribution in [0.1, 0.15) is 30.5 Å². The van der Waals surface area contributed by atoms with Crippen LogP contribution in [0.15, 0.2) is 96.8 Å². The van der Waals surface area contributed by atoms with E-state index in [0.29, 0.717) is 5.56 Å². The van der Waals surface area contributed by atoms with Gasteiger partial charge in [-0.25, -0.2) is 0 Å². The van der Waals surface area contributed by atoms with Crippen LogP contribution in [-0.4, -0.2) is 48.7 Å². The predicted molar refractivity (Wildman–Crippen MR) is 153 cm³/mol. The Balaban J connectivity index is 1.56. The number of fused-ring (bicyclic) bond motifs is 1. The molecule has 0 aromatic heterocycles. The normalized spacial score (nSPS) is 20.7. The average Bonchev–Trinajstić information content (AvgIpc) is 3.24. The molecule has 1 fully saturated rings. The molecule has 2 amide bonds. The Morgan fingerprint density at radius 2 is 1.76 bits per heavy atom. The summed E-state index contributed by atoms with van der Waals surface area (Å²) in [6.45, 7) is 2.23. The van der Waals surface area contributed by atoms with Crippen molar-refractivity contribution in [3.8, 4) is 0 Å². The van der Waals surface area contributed by atoms with Gasteiger partial charge in [0, 0.05) is 18.5 Å². The SMILES string of the molecule is CCOC(=O)C[C@@H]1C(=O)N(C(C(=O)NCc2ccccc2)c2ccc3ccccc3c2)C[C@@]12C=CC(=O)C(OC)=C2. The zero-order valence-corrected chi connectivity index (χ0v) is 23.0. The van der Waals surface area contributed by atoms with Crippen molar-refractivity contribution < 1.29 is 28.7 Å². The maximum absolute atomic E-state index is 14.2. The second kappa shape index (κ2) is 11.8. The number of allylic oxidation sites excluding steroid dienone is 1. The van der Waals surface area contributed by atoms with Crippen molar-refractivity contribution in [2.24, 2.45) is 11.3 Å². The Morgan fingerprint density at radius 3 is 2.49 bits per heavy atom. The topological polar surface area (TPSA) is 102 Å². The molecule has 3 aromatic carbocycles. The van der Waals surface area contributed by atoms with Crippen molar-refractivity contribution in [3.05, 3.63) is 108 Å². The molecule has 8 nitrogen and oxygen atoms in total. The number of methoxy groups -OCH3 is 1. The lowest BCUT2D eigenvalue weighted by Gasteiger charge is -2.31. The lowest BCUT2D eigenvalue weighted by Crippen LogP contribution is -2.42. The third-order valence-corrected chi connectivity index (χ3v) is 7.72. The summed E-state index contributed by atoms with van der Waals surface area (Å²) in [7, 11) is 1.39. The van der Waals surface area contributed by atoms with E-state index in [0.717, 1.165) is 16.3 Å². The molecule has 1 saturated heterocycles. The van der Waals surface area contributed by atoms with E-state index in [2.05, 4.69) is 5.32 Å². The van der Waals surface area contributed by atoms with E-state index in [-0.39, 0.29) is 49.5 Å². The highest BCUT2D eigenvalue weighted by atomic mass is 16.5. The number of carbonyl (C=O) groups excluding carboxylic acids is 4.